The summed E-state index contributed by atoms with van der Waals surface area (Å²) in [5.41, 5.74) is 0.211. The van der Waals surface area contributed by atoms with Crippen LogP contribution < -0.4 is 16.0 Å². The highest BCUT2D eigenvalue weighted by Crippen LogP contribution is 2.08. The number of guanidine groups is 1. The molecular weight excluding hydrogens is 429 g/mol. The lowest BCUT2D eigenvalue weighted by Crippen LogP contribution is -2.40. The molecule has 3 N–H and O–H groups in total. The Morgan fingerprint density at radius 2 is 2.00 bits per heavy atom. The van der Waals surface area contributed by atoms with E-state index in [1.54, 1.807) is 7.05 Å². The number of nitrogens with one attached hydrogen (secondary N) is 3. The van der Waals surface area contributed by atoms with Crippen LogP contribution in [0.4, 0.5) is 8.78 Å². The van der Waals surface area contributed by atoms with Gasteiger partial charge in [-0.1, -0.05) is 6.92 Å². The van der Waals surface area contributed by atoms with E-state index in [1.807, 2.05) is 13.8 Å². The maximum atomic E-state index is 13.5. The molecule has 24 heavy (non-hydrogen) atoms. The van der Waals surface area contributed by atoms with E-state index in [4.69, 9.17) is 0 Å². The number of carbonyl (C=O) groups is 1. The molecule has 8 heteroatoms. The quantitative estimate of drug-likeness (QED) is 0.337. The van der Waals surface area contributed by atoms with E-state index in [0.717, 1.165) is 24.6 Å². The van der Waals surface area contributed by atoms with Crippen LogP contribution in [0, 0.1) is 11.6 Å². The van der Waals surface area contributed by atoms with Gasteiger partial charge in [-0.3, -0.25) is 9.79 Å². The van der Waals surface area contributed by atoms with Crippen LogP contribution in [-0.4, -0.2) is 31.5 Å². The molecule has 1 unspecified atom stereocenters. The molecule has 5 nitrogen and oxygen atoms in total. The van der Waals surface area contributed by atoms with E-state index >= 15 is 0 Å². The molecule has 136 valence electrons. The van der Waals surface area contributed by atoms with Gasteiger partial charge in [-0.25, -0.2) is 8.78 Å². The number of hydrogen-bond donors (Lipinski definition) is 3. The molecule has 0 bridgehead atoms. The number of amides is 1. The van der Waals surface area contributed by atoms with Crippen LogP contribution in [0.15, 0.2) is 23.2 Å². The van der Waals surface area contributed by atoms with Gasteiger partial charge in [0.15, 0.2) is 5.96 Å². The standard InChI is InChI=1S/C16H24F2N4O.HI/c1-4-11(2)22-15(23)7-8-20-16(19-3)21-10-12-9-13(17)5-6-14(12)18;/h5-6,9,11H,4,7-8,10H2,1-3H3,(H,22,23)(H2,19,20,21);1H. The molecule has 1 aromatic rings. The van der Waals surface area contributed by atoms with Gasteiger partial charge in [-0.2, -0.15) is 0 Å². The molecule has 0 fully saturated rings. The van der Waals surface area contributed by atoms with E-state index in [-0.39, 0.29) is 48.0 Å². The van der Waals surface area contributed by atoms with Crippen LogP contribution >= 0.6 is 24.0 Å². The maximum absolute atomic E-state index is 13.5. The van der Waals surface area contributed by atoms with Crippen LogP contribution in [0.3, 0.4) is 0 Å². The van der Waals surface area contributed by atoms with Crippen molar-refractivity contribution >= 4 is 35.8 Å². The molecule has 0 heterocycles. The van der Waals surface area contributed by atoms with Crippen molar-refractivity contribution in [1.29, 1.82) is 0 Å². The number of rotatable bonds is 7. The fourth-order valence-electron chi connectivity index (χ4n) is 1.82. The number of nitrogens with zero attached hydrogens (tertiary/aromatic N) is 1. The molecule has 0 radical (unpaired) electrons. The minimum absolute atomic E-state index is 0. The summed E-state index contributed by atoms with van der Waals surface area (Å²) in [6, 6.07) is 3.44. The number of carbonyl (C=O) groups excluding carboxylic acids is 1. The molecular formula is C16H25F2IN4O. The summed E-state index contributed by atoms with van der Waals surface area (Å²) in [6.45, 7) is 4.44. The summed E-state index contributed by atoms with van der Waals surface area (Å²) in [4.78, 5) is 15.6. The van der Waals surface area contributed by atoms with Gasteiger partial charge in [0.05, 0.1) is 0 Å². The van der Waals surface area contributed by atoms with Gasteiger partial charge in [-0.05, 0) is 31.5 Å². The Kier molecular flexibility index (Phi) is 11.3. The lowest BCUT2D eigenvalue weighted by atomic mass is 10.2. The molecule has 0 spiro atoms. The molecule has 0 aromatic heterocycles. The smallest absolute Gasteiger partial charge is 0.221 e. The third-order valence-electron chi connectivity index (χ3n) is 3.34. The van der Waals surface area contributed by atoms with Crippen molar-refractivity contribution in [3.05, 3.63) is 35.4 Å². The monoisotopic (exact) mass is 454 g/mol. The molecule has 0 aliphatic rings. The third-order valence-corrected chi connectivity index (χ3v) is 3.34. The van der Waals surface area contributed by atoms with Crippen molar-refractivity contribution in [2.45, 2.75) is 39.3 Å². The topological polar surface area (TPSA) is 65.5 Å². The highest BCUT2D eigenvalue weighted by Gasteiger charge is 2.07. The van der Waals surface area contributed by atoms with Gasteiger partial charge in [0.2, 0.25) is 5.91 Å². The highest BCUT2D eigenvalue weighted by atomic mass is 127. The van der Waals surface area contributed by atoms with Gasteiger partial charge in [0.25, 0.3) is 0 Å². The van der Waals surface area contributed by atoms with Crippen molar-refractivity contribution in [2.75, 3.05) is 13.6 Å². The minimum Gasteiger partial charge on any atom is -0.356 e. The zero-order valence-corrected chi connectivity index (χ0v) is 16.5. The first-order valence-electron chi connectivity index (χ1n) is 7.64. The van der Waals surface area contributed by atoms with Crippen molar-refractivity contribution in [3.8, 4) is 0 Å². The zero-order valence-electron chi connectivity index (χ0n) is 14.2. The Labute approximate surface area is 158 Å². The van der Waals surface area contributed by atoms with Crippen LogP contribution in [-0.2, 0) is 11.3 Å². The first-order chi connectivity index (χ1) is 11.0. The fraction of sp³-hybridized carbons (Fsp3) is 0.500. The number of halogens is 3. The molecule has 1 amide bonds. The second-order valence-corrected chi connectivity index (χ2v) is 5.22. The van der Waals surface area contributed by atoms with Crippen molar-refractivity contribution in [2.24, 2.45) is 4.99 Å². The molecule has 0 saturated carbocycles. The van der Waals surface area contributed by atoms with Crippen LogP contribution in [0.25, 0.3) is 0 Å². The second kappa shape index (κ2) is 12.0. The highest BCUT2D eigenvalue weighted by molar-refractivity contribution is 14.0. The molecule has 1 aromatic carbocycles. The average Bonchev–Trinajstić information content (AvgIpc) is 2.53. The summed E-state index contributed by atoms with van der Waals surface area (Å²) in [5, 5.41) is 8.70. The van der Waals surface area contributed by atoms with E-state index in [9.17, 15) is 13.6 Å². The zero-order chi connectivity index (χ0) is 17.2. The number of aliphatic imine (C=N–C) groups is 1. The Bertz CT molecular complexity index is 555. The van der Waals surface area contributed by atoms with Gasteiger partial charge >= 0.3 is 0 Å². The lowest BCUT2D eigenvalue weighted by Gasteiger charge is -2.14. The summed E-state index contributed by atoms with van der Waals surface area (Å²) in [6.07, 6.45) is 1.18. The van der Waals surface area contributed by atoms with E-state index < -0.39 is 11.6 Å². The predicted molar refractivity (Wildman–Crippen MR) is 102 cm³/mol. The molecule has 0 saturated heterocycles. The number of hydrogen-bond acceptors (Lipinski definition) is 2. The van der Waals surface area contributed by atoms with Gasteiger partial charge in [0, 0.05) is 38.2 Å². The summed E-state index contributed by atoms with van der Waals surface area (Å²) >= 11 is 0. The largest absolute Gasteiger partial charge is 0.356 e. The minimum atomic E-state index is -0.493. The van der Waals surface area contributed by atoms with Crippen LogP contribution in [0.5, 0.6) is 0 Å². The lowest BCUT2D eigenvalue weighted by molar-refractivity contribution is -0.121. The predicted octanol–water partition coefficient (Wildman–Crippen LogP) is 2.55. The Hall–Kier alpha value is -1.45. The second-order valence-electron chi connectivity index (χ2n) is 5.22. The van der Waals surface area contributed by atoms with Gasteiger partial charge < -0.3 is 16.0 Å². The van der Waals surface area contributed by atoms with E-state index in [0.29, 0.717) is 18.9 Å². The van der Waals surface area contributed by atoms with E-state index in [1.165, 1.54) is 0 Å². The van der Waals surface area contributed by atoms with Crippen molar-refractivity contribution in [1.82, 2.24) is 16.0 Å². The first-order valence-corrected chi connectivity index (χ1v) is 7.64. The Morgan fingerprint density at radius 1 is 1.29 bits per heavy atom. The molecule has 1 rings (SSSR count). The summed E-state index contributed by atoms with van der Waals surface area (Å²) in [5.74, 6) is -0.598. The van der Waals surface area contributed by atoms with Gasteiger partial charge in [-0.15, -0.1) is 24.0 Å². The Balaban J connectivity index is 0.00000529. The van der Waals surface area contributed by atoms with Crippen LogP contribution in [0.1, 0.15) is 32.3 Å². The fourth-order valence-corrected chi connectivity index (χ4v) is 1.82. The van der Waals surface area contributed by atoms with E-state index in [2.05, 4.69) is 20.9 Å². The SMILES string of the molecule is CCC(C)NC(=O)CCNC(=NC)NCc1cc(F)ccc1F.I. The molecule has 0 aliphatic heterocycles. The summed E-state index contributed by atoms with van der Waals surface area (Å²) < 4.78 is 26.6. The maximum Gasteiger partial charge on any atom is 0.221 e. The Morgan fingerprint density at radius 3 is 2.62 bits per heavy atom. The normalized spacial score (nSPS) is 12.1. The third kappa shape index (κ3) is 8.42. The van der Waals surface area contributed by atoms with Crippen molar-refractivity contribution < 1.29 is 13.6 Å². The van der Waals surface area contributed by atoms with Gasteiger partial charge in [0.1, 0.15) is 11.6 Å². The summed E-state index contributed by atoms with van der Waals surface area (Å²) in [7, 11) is 1.57. The first kappa shape index (κ1) is 22.6. The average molecular weight is 454 g/mol. The van der Waals surface area contributed by atoms with Crippen LogP contribution in [0.2, 0.25) is 0 Å². The number of benzene rings is 1. The molecule has 0 aliphatic carbocycles. The van der Waals surface area contributed by atoms with Crippen molar-refractivity contribution in [3.63, 3.8) is 0 Å². The molecule has 1 atom stereocenters.